The first-order valence-corrected chi connectivity index (χ1v) is 8.60. The van der Waals surface area contributed by atoms with E-state index in [1.54, 1.807) is 19.6 Å². The zero-order chi connectivity index (χ0) is 17.7. The maximum Gasteiger partial charge on any atom is 0.228 e. The number of aromatic nitrogens is 2. The second-order valence-electron chi connectivity index (χ2n) is 6.66. The number of nitrogens with one attached hydrogen (secondary N) is 1. The molecule has 0 saturated carbocycles. The largest absolute Gasteiger partial charge is 0.491 e. The highest BCUT2D eigenvalue weighted by Crippen LogP contribution is 2.26. The molecule has 1 aromatic carbocycles. The molecule has 6 nitrogen and oxygen atoms in total. The van der Waals surface area contributed by atoms with Crippen LogP contribution in [0.4, 0.5) is 0 Å². The third-order valence-corrected chi connectivity index (χ3v) is 4.74. The molecule has 1 aliphatic heterocycles. The van der Waals surface area contributed by atoms with Gasteiger partial charge in [-0.2, -0.15) is 0 Å². The fraction of sp³-hybridized carbons (Fsp3) is 0.474. The van der Waals surface area contributed by atoms with E-state index in [-0.39, 0.29) is 5.91 Å². The van der Waals surface area contributed by atoms with Crippen LogP contribution in [0.1, 0.15) is 24.1 Å². The molecular formula is C19H25N3O3. The Bertz CT molecular complexity index is 684. The van der Waals surface area contributed by atoms with E-state index in [1.165, 1.54) is 5.56 Å². The predicted molar refractivity (Wildman–Crippen MR) is 94.5 cm³/mol. The van der Waals surface area contributed by atoms with E-state index >= 15 is 0 Å². The molecule has 1 N–H and O–H groups in total. The number of rotatable bonds is 6. The Labute approximate surface area is 148 Å². The van der Waals surface area contributed by atoms with Crippen LogP contribution in [0.25, 0.3) is 0 Å². The summed E-state index contributed by atoms with van der Waals surface area (Å²) in [4.78, 5) is 21.4. The minimum absolute atomic E-state index is 0.0840. The van der Waals surface area contributed by atoms with Crippen molar-refractivity contribution in [3.05, 3.63) is 48.0 Å². The molecule has 1 fully saturated rings. The Hall–Kier alpha value is -2.34. The summed E-state index contributed by atoms with van der Waals surface area (Å²) in [6.45, 7) is 3.77. The van der Waals surface area contributed by atoms with Gasteiger partial charge in [-0.1, -0.05) is 17.7 Å². The van der Waals surface area contributed by atoms with Crippen molar-refractivity contribution >= 4 is 5.91 Å². The van der Waals surface area contributed by atoms with Crippen LogP contribution in [-0.4, -0.2) is 53.2 Å². The number of methoxy groups -OCH3 is 1. The third kappa shape index (κ3) is 4.39. The number of benzene rings is 1. The number of imidazole rings is 1. The van der Waals surface area contributed by atoms with Crippen molar-refractivity contribution in [2.45, 2.75) is 31.8 Å². The summed E-state index contributed by atoms with van der Waals surface area (Å²) >= 11 is 0. The molecule has 0 radical (unpaired) electrons. The summed E-state index contributed by atoms with van der Waals surface area (Å²) in [6, 6.07) is 7.97. The summed E-state index contributed by atoms with van der Waals surface area (Å²) in [5, 5.41) is 0. The smallest absolute Gasteiger partial charge is 0.228 e. The standard InChI is InChI=1S/C19H25N3O3/c1-15-4-6-17(7-5-15)25-13-19(24-2)8-3-9-22(12-19)18(23)10-16-11-20-14-21-16/h4-7,11,14H,3,8-10,12-13H2,1-2H3,(H,20,21)/t19-/m0/s1. The molecule has 6 heteroatoms. The molecule has 2 heterocycles. The van der Waals surface area contributed by atoms with Gasteiger partial charge in [0.25, 0.3) is 0 Å². The summed E-state index contributed by atoms with van der Waals surface area (Å²) in [5.41, 5.74) is 1.56. The van der Waals surface area contributed by atoms with Gasteiger partial charge in [-0.25, -0.2) is 4.98 Å². The molecule has 1 aliphatic rings. The third-order valence-electron chi connectivity index (χ3n) is 4.74. The van der Waals surface area contributed by atoms with Gasteiger partial charge in [0, 0.05) is 25.5 Å². The average Bonchev–Trinajstić information content (AvgIpc) is 3.14. The van der Waals surface area contributed by atoms with Gasteiger partial charge in [0.05, 0.1) is 19.3 Å². The van der Waals surface area contributed by atoms with Crippen LogP contribution in [0.5, 0.6) is 5.75 Å². The lowest BCUT2D eigenvalue weighted by Crippen LogP contribution is -2.54. The van der Waals surface area contributed by atoms with Gasteiger partial charge in [0.15, 0.2) is 0 Å². The minimum Gasteiger partial charge on any atom is -0.491 e. The second-order valence-corrected chi connectivity index (χ2v) is 6.66. The van der Waals surface area contributed by atoms with Gasteiger partial charge < -0.3 is 19.4 Å². The fourth-order valence-electron chi connectivity index (χ4n) is 3.16. The van der Waals surface area contributed by atoms with Gasteiger partial charge in [0.1, 0.15) is 18.0 Å². The molecule has 0 unspecified atom stereocenters. The Balaban J connectivity index is 1.61. The Morgan fingerprint density at radius 1 is 1.36 bits per heavy atom. The molecule has 1 atom stereocenters. The molecule has 1 aromatic heterocycles. The van der Waals surface area contributed by atoms with Gasteiger partial charge >= 0.3 is 0 Å². The topological polar surface area (TPSA) is 67.5 Å². The number of aromatic amines is 1. The van der Waals surface area contributed by atoms with E-state index < -0.39 is 5.60 Å². The molecule has 0 bridgehead atoms. The molecule has 25 heavy (non-hydrogen) atoms. The first-order valence-electron chi connectivity index (χ1n) is 8.60. The predicted octanol–water partition coefficient (Wildman–Crippen LogP) is 2.35. The van der Waals surface area contributed by atoms with Crippen molar-refractivity contribution in [3.8, 4) is 5.75 Å². The monoisotopic (exact) mass is 343 g/mol. The number of hydrogen-bond acceptors (Lipinski definition) is 4. The van der Waals surface area contributed by atoms with Gasteiger partial charge in [-0.15, -0.1) is 0 Å². The van der Waals surface area contributed by atoms with Crippen LogP contribution < -0.4 is 4.74 Å². The van der Waals surface area contributed by atoms with Gasteiger partial charge in [-0.05, 0) is 31.9 Å². The van der Waals surface area contributed by atoms with Crippen molar-refractivity contribution in [2.24, 2.45) is 0 Å². The van der Waals surface area contributed by atoms with Crippen molar-refractivity contribution in [1.29, 1.82) is 0 Å². The number of amides is 1. The summed E-state index contributed by atoms with van der Waals surface area (Å²) < 4.78 is 11.8. The highest BCUT2D eigenvalue weighted by Gasteiger charge is 2.38. The lowest BCUT2D eigenvalue weighted by atomic mass is 9.93. The molecule has 2 aromatic rings. The molecule has 1 amide bonds. The Morgan fingerprint density at radius 3 is 2.84 bits per heavy atom. The summed E-state index contributed by atoms with van der Waals surface area (Å²) in [6.07, 6.45) is 5.39. The number of piperidine rings is 1. The Morgan fingerprint density at radius 2 is 2.16 bits per heavy atom. The molecule has 0 spiro atoms. The SMILES string of the molecule is CO[C@@]1(COc2ccc(C)cc2)CCCN(C(=O)Cc2cnc[nH]2)C1. The number of H-pyrrole nitrogens is 1. The number of aryl methyl sites for hydroxylation is 1. The number of carbonyl (C=O) groups is 1. The molecule has 0 aliphatic carbocycles. The van der Waals surface area contributed by atoms with Crippen LogP contribution >= 0.6 is 0 Å². The number of hydrogen-bond donors (Lipinski definition) is 1. The fourth-order valence-corrected chi connectivity index (χ4v) is 3.16. The quantitative estimate of drug-likeness (QED) is 0.874. The van der Waals surface area contributed by atoms with Crippen molar-refractivity contribution in [2.75, 3.05) is 26.8 Å². The zero-order valence-corrected chi connectivity index (χ0v) is 14.8. The minimum atomic E-state index is -0.465. The van der Waals surface area contributed by atoms with Gasteiger partial charge in [-0.3, -0.25) is 4.79 Å². The van der Waals surface area contributed by atoms with Crippen LogP contribution in [0.3, 0.4) is 0 Å². The maximum absolute atomic E-state index is 12.6. The van der Waals surface area contributed by atoms with E-state index in [0.29, 0.717) is 19.6 Å². The highest BCUT2D eigenvalue weighted by molar-refractivity contribution is 5.78. The van der Waals surface area contributed by atoms with Gasteiger partial charge in [0.2, 0.25) is 5.91 Å². The number of ether oxygens (including phenoxy) is 2. The normalized spacial score (nSPS) is 20.5. The lowest BCUT2D eigenvalue weighted by molar-refractivity contribution is -0.142. The number of nitrogens with zero attached hydrogens (tertiary/aromatic N) is 2. The van der Waals surface area contributed by atoms with Crippen molar-refractivity contribution in [3.63, 3.8) is 0 Å². The maximum atomic E-state index is 12.6. The van der Waals surface area contributed by atoms with E-state index in [9.17, 15) is 4.79 Å². The van der Waals surface area contributed by atoms with Crippen LogP contribution in [-0.2, 0) is 16.0 Å². The number of likely N-dealkylation sites (tertiary alicyclic amines) is 1. The zero-order valence-electron chi connectivity index (χ0n) is 14.8. The Kier molecular flexibility index (Phi) is 5.38. The lowest BCUT2D eigenvalue weighted by Gasteiger charge is -2.41. The molecule has 134 valence electrons. The van der Waals surface area contributed by atoms with Crippen molar-refractivity contribution < 1.29 is 14.3 Å². The molecule has 1 saturated heterocycles. The highest BCUT2D eigenvalue weighted by atomic mass is 16.5. The first kappa shape index (κ1) is 17.5. The van der Waals surface area contributed by atoms with Crippen LogP contribution in [0.2, 0.25) is 0 Å². The van der Waals surface area contributed by atoms with E-state index in [1.807, 2.05) is 36.1 Å². The van der Waals surface area contributed by atoms with E-state index in [4.69, 9.17) is 9.47 Å². The molecule has 3 rings (SSSR count). The van der Waals surface area contributed by atoms with Crippen LogP contribution in [0.15, 0.2) is 36.8 Å². The summed E-state index contributed by atoms with van der Waals surface area (Å²) in [7, 11) is 1.70. The average molecular weight is 343 g/mol. The molecular weight excluding hydrogens is 318 g/mol. The second kappa shape index (κ2) is 7.70. The van der Waals surface area contributed by atoms with E-state index in [0.717, 1.165) is 30.8 Å². The van der Waals surface area contributed by atoms with Crippen LogP contribution in [0, 0.1) is 6.92 Å². The van der Waals surface area contributed by atoms with Crippen molar-refractivity contribution in [1.82, 2.24) is 14.9 Å². The van der Waals surface area contributed by atoms with E-state index in [2.05, 4.69) is 9.97 Å². The summed E-state index contributed by atoms with van der Waals surface area (Å²) in [5.74, 6) is 0.906. The number of carbonyl (C=O) groups excluding carboxylic acids is 1. The first-order chi connectivity index (χ1) is 12.1.